The van der Waals surface area contributed by atoms with Crippen molar-refractivity contribution in [3.63, 3.8) is 0 Å². The molecule has 0 spiro atoms. The molecule has 0 aliphatic carbocycles. The van der Waals surface area contributed by atoms with Crippen molar-refractivity contribution in [1.29, 1.82) is 0 Å². The van der Waals surface area contributed by atoms with Gasteiger partial charge in [0.25, 0.3) is 10.0 Å². The van der Waals surface area contributed by atoms with E-state index in [0.29, 0.717) is 20.5 Å². The van der Waals surface area contributed by atoms with Crippen LogP contribution in [0.5, 0.6) is 0 Å². The summed E-state index contributed by atoms with van der Waals surface area (Å²) in [5.41, 5.74) is 0.910. The lowest BCUT2D eigenvalue weighted by Crippen LogP contribution is -2.12. The van der Waals surface area contributed by atoms with E-state index in [9.17, 15) is 8.42 Å². The fourth-order valence-corrected chi connectivity index (χ4v) is 6.27. The minimum Gasteiger partial charge on any atom is -0.275 e. The molecule has 5 nitrogen and oxygen atoms in total. The minimum atomic E-state index is -3.77. The van der Waals surface area contributed by atoms with Gasteiger partial charge in [-0.15, -0.1) is 11.3 Å². The Kier molecular flexibility index (Phi) is 4.15. The molecule has 0 saturated carbocycles. The summed E-state index contributed by atoms with van der Waals surface area (Å²) in [5.74, 6) is 0. The Hall–Kier alpha value is -0.450. The highest BCUT2D eigenvalue weighted by atomic mass is 79.9. The van der Waals surface area contributed by atoms with E-state index in [-0.39, 0.29) is 14.9 Å². The molecule has 0 aliphatic rings. The largest absolute Gasteiger partial charge is 0.275 e. The summed E-state index contributed by atoms with van der Waals surface area (Å²) in [6, 6.07) is 3.09. The summed E-state index contributed by atoms with van der Waals surface area (Å²) < 4.78 is 36.0. The number of halogens is 3. The molecule has 3 rings (SSSR count). The first-order valence-corrected chi connectivity index (χ1v) is 9.90. The first-order chi connectivity index (χ1) is 9.90. The third-order valence-corrected chi connectivity index (χ3v) is 7.64. The second-order valence-electron chi connectivity index (χ2n) is 3.84. The molecule has 0 radical (unpaired) electrons. The Balaban J connectivity index is 2.15. The number of thiophene rings is 1. The fraction of sp³-hybridized carbons (Fsp3) is 0. The molecule has 1 N–H and O–H groups in total. The van der Waals surface area contributed by atoms with E-state index >= 15 is 0 Å². The number of hydrogen-bond acceptors (Lipinski definition) is 6. The number of nitrogens with one attached hydrogen (secondary N) is 1. The molecule has 110 valence electrons. The van der Waals surface area contributed by atoms with Crippen molar-refractivity contribution in [2.45, 2.75) is 4.21 Å². The van der Waals surface area contributed by atoms with Crippen LogP contribution in [0.3, 0.4) is 0 Å². The fourth-order valence-electron chi connectivity index (χ4n) is 1.62. The molecule has 0 unspecified atom stereocenters. The van der Waals surface area contributed by atoms with Crippen molar-refractivity contribution in [3.05, 3.63) is 32.0 Å². The zero-order chi connectivity index (χ0) is 15.2. The van der Waals surface area contributed by atoms with Gasteiger partial charge in [-0.05, 0) is 33.4 Å². The lowest BCUT2D eigenvalue weighted by atomic mass is 10.3. The lowest BCUT2D eigenvalue weighted by Gasteiger charge is -2.09. The predicted molar refractivity (Wildman–Crippen MR) is 90.3 cm³/mol. The average molecular weight is 445 g/mol. The number of anilines is 1. The van der Waals surface area contributed by atoms with Crippen molar-refractivity contribution in [2.24, 2.45) is 0 Å². The molecular formula is C10H4BrCl2N3O2S3. The number of nitrogens with zero attached hydrogens (tertiary/aromatic N) is 2. The topological polar surface area (TPSA) is 72.0 Å². The number of fused-ring (bicyclic) bond motifs is 1. The molecule has 11 heteroatoms. The van der Waals surface area contributed by atoms with Crippen LogP contribution in [-0.4, -0.2) is 17.2 Å². The molecular weight excluding hydrogens is 441 g/mol. The van der Waals surface area contributed by atoms with E-state index in [4.69, 9.17) is 23.2 Å². The van der Waals surface area contributed by atoms with Gasteiger partial charge in [0.15, 0.2) is 4.21 Å². The van der Waals surface area contributed by atoms with Crippen LogP contribution in [0.1, 0.15) is 0 Å². The van der Waals surface area contributed by atoms with Crippen LogP contribution in [0.2, 0.25) is 10.0 Å². The quantitative estimate of drug-likeness (QED) is 0.639. The van der Waals surface area contributed by atoms with Crippen LogP contribution in [-0.2, 0) is 10.0 Å². The van der Waals surface area contributed by atoms with E-state index in [2.05, 4.69) is 29.4 Å². The van der Waals surface area contributed by atoms with Gasteiger partial charge in [0, 0.05) is 4.47 Å². The molecule has 1 aromatic carbocycles. The normalized spacial score (nSPS) is 12.0. The monoisotopic (exact) mass is 443 g/mol. The van der Waals surface area contributed by atoms with E-state index in [0.717, 1.165) is 23.1 Å². The van der Waals surface area contributed by atoms with Crippen LogP contribution >= 0.6 is 62.2 Å². The molecule has 2 heterocycles. The van der Waals surface area contributed by atoms with Crippen molar-refractivity contribution >= 4 is 88.9 Å². The summed E-state index contributed by atoms with van der Waals surface area (Å²) in [5, 5.41) is 2.16. The van der Waals surface area contributed by atoms with Crippen molar-refractivity contribution in [3.8, 4) is 0 Å². The van der Waals surface area contributed by atoms with Gasteiger partial charge in [0.2, 0.25) is 0 Å². The maximum absolute atomic E-state index is 12.4. The van der Waals surface area contributed by atoms with Crippen LogP contribution in [0.15, 0.2) is 26.2 Å². The Morgan fingerprint density at radius 2 is 1.90 bits per heavy atom. The van der Waals surface area contributed by atoms with Gasteiger partial charge in [-0.2, -0.15) is 8.75 Å². The summed E-state index contributed by atoms with van der Waals surface area (Å²) in [4.78, 5) is 0. The van der Waals surface area contributed by atoms with Gasteiger partial charge in [0.05, 0.1) is 27.5 Å². The van der Waals surface area contributed by atoms with Crippen molar-refractivity contribution < 1.29 is 8.42 Å². The second-order valence-corrected chi connectivity index (χ2v) is 8.83. The van der Waals surface area contributed by atoms with Crippen LogP contribution in [0.25, 0.3) is 11.0 Å². The second kappa shape index (κ2) is 5.64. The summed E-state index contributed by atoms with van der Waals surface area (Å²) in [7, 11) is -3.77. The SMILES string of the molecule is O=S(=O)(Nc1c(Cl)cc(Cl)c2nsnc12)c1sccc1Br. The average Bonchev–Trinajstić information content (AvgIpc) is 3.03. The highest BCUT2D eigenvalue weighted by Gasteiger charge is 2.23. The van der Waals surface area contributed by atoms with Gasteiger partial charge in [-0.1, -0.05) is 23.2 Å². The van der Waals surface area contributed by atoms with Gasteiger partial charge in [-0.25, -0.2) is 8.42 Å². The van der Waals surface area contributed by atoms with E-state index in [1.807, 2.05) is 0 Å². The van der Waals surface area contributed by atoms with Crippen LogP contribution < -0.4 is 4.72 Å². The third kappa shape index (κ3) is 2.78. The number of aromatic nitrogens is 2. The highest BCUT2D eigenvalue weighted by molar-refractivity contribution is 9.10. The Morgan fingerprint density at radius 3 is 2.57 bits per heavy atom. The predicted octanol–water partition coefficient (Wildman–Crippen LogP) is 4.62. The van der Waals surface area contributed by atoms with Crippen molar-refractivity contribution in [2.75, 3.05) is 4.72 Å². The Morgan fingerprint density at radius 1 is 1.19 bits per heavy atom. The van der Waals surface area contributed by atoms with E-state index < -0.39 is 10.0 Å². The highest BCUT2D eigenvalue weighted by Crippen LogP contribution is 2.37. The summed E-state index contributed by atoms with van der Waals surface area (Å²) >= 11 is 17.3. The number of hydrogen-bond donors (Lipinski definition) is 1. The molecule has 0 amide bonds. The molecule has 2 aromatic heterocycles. The summed E-state index contributed by atoms with van der Waals surface area (Å²) in [6.07, 6.45) is 0. The first kappa shape index (κ1) is 15.4. The zero-order valence-corrected chi connectivity index (χ0v) is 15.3. The molecule has 0 fully saturated rings. The molecule has 0 atom stereocenters. The van der Waals surface area contributed by atoms with E-state index in [1.165, 1.54) is 6.07 Å². The Labute approximate surface area is 146 Å². The Bertz CT molecular complexity index is 938. The van der Waals surface area contributed by atoms with Crippen LogP contribution in [0.4, 0.5) is 5.69 Å². The summed E-state index contributed by atoms with van der Waals surface area (Å²) in [6.45, 7) is 0. The number of benzene rings is 1. The molecule has 3 aromatic rings. The van der Waals surface area contributed by atoms with Gasteiger partial charge < -0.3 is 0 Å². The number of sulfonamides is 1. The smallest absolute Gasteiger partial charge is 0.272 e. The first-order valence-electron chi connectivity index (χ1n) is 5.26. The molecule has 21 heavy (non-hydrogen) atoms. The molecule has 0 bridgehead atoms. The van der Waals surface area contributed by atoms with Crippen molar-refractivity contribution in [1.82, 2.24) is 8.75 Å². The standard InChI is InChI=1S/C10H4BrCl2N3O2S3/c11-4-1-2-19-10(4)21(17,18)16-8-6(13)3-5(12)7-9(8)15-20-14-7/h1-3,16H. The maximum Gasteiger partial charge on any atom is 0.272 e. The zero-order valence-electron chi connectivity index (χ0n) is 9.80. The van der Waals surface area contributed by atoms with Gasteiger partial charge in [0.1, 0.15) is 11.0 Å². The lowest BCUT2D eigenvalue weighted by molar-refractivity contribution is 0.603. The third-order valence-electron chi connectivity index (χ3n) is 2.51. The maximum atomic E-state index is 12.4. The van der Waals surface area contributed by atoms with E-state index in [1.54, 1.807) is 11.4 Å². The minimum absolute atomic E-state index is 0.157. The van der Waals surface area contributed by atoms with Crippen LogP contribution in [0, 0.1) is 0 Å². The molecule has 0 saturated heterocycles. The van der Waals surface area contributed by atoms with Gasteiger partial charge in [-0.3, -0.25) is 4.72 Å². The van der Waals surface area contributed by atoms with Gasteiger partial charge >= 0.3 is 0 Å². The molecule has 0 aliphatic heterocycles. The number of rotatable bonds is 3.